The van der Waals surface area contributed by atoms with Crippen molar-refractivity contribution in [2.75, 3.05) is 32.2 Å². The molecule has 3 rings (SSSR count). The molecule has 0 saturated heterocycles. The monoisotopic (exact) mass is 367 g/mol. The molecular weight excluding hydrogens is 338 g/mol. The van der Waals surface area contributed by atoms with Gasteiger partial charge < -0.3 is 18.8 Å². The van der Waals surface area contributed by atoms with Gasteiger partial charge in [0.15, 0.2) is 0 Å². The van der Waals surface area contributed by atoms with E-state index in [9.17, 15) is 0 Å². The lowest BCUT2D eigenvalue weighted by atomic mass is 9.97. The Labute approximate surface area is 162 Å². The quantitative estimate of drug-likeness (QED) is 0.674. The number of rotatable bonds is 6. The molecule has 2 aromatic rings. The van der Waals surface area contributed by atoms with Crippen LogP contribution in [0.3, 0.4) is 0 Å². The van der Waals surface area contributed by atoms with Crippen molar-refractivity contribution in [2.24, 2.45) is 0 Å². The molecule has 4 heteroatoms. The van der Waals surface area contributed by atoms with Gasteiger partial charge in [0, 0.05) is 25.7 Å². The predicted molar refractivity (Wildman–Crippen MR) is 111 cm³/mol. The van der Waals surface area contributed by atoms with Crippen LogP contribution in [0.5, 0.6) is 0 Å². The average Bonchev–Trinajstić information content (AvgIpc) is 2.83. The normalized spacial score (nSPS) is 14.1. The molecular formula is C23H29NO3. The van der Waals surface area contributed by atoms with Crippen LogP contribution in [0.2, 0.25) is 0 Å². The molecule has 0 spiro atoms. The van der Waals surface area contributed by atoms with E-state index in [0.717, 1.165) is 34.2 Å². The van der Waals surface area contributed by atoms with E-state index in [2.05, 4.69) is 41.3 Å². The van der Waals surface area contributed by atoms with E-state index < -0.39 is 0 Å². The van der Waals surface area contributed by atoms with Crippen LogP contribution >= 0.6 is 0 Å². The molecule has 27 heavy (non-hydrogen) atoms. The fraction of sp³-hybridized carbons (Fsp3) is 0.391. The lowest BCUT2D eigenvalue weighted by Gasteiger charge is -2.15. The minimum atomic E-state index is 0.0653. The summed E-state index contributed by atoms with van der Waals surface area (Å²) in [6, 6.07) is 8.61. The van der Waals surface area contributed by atoms with Crippen molar-refractivity contribution in [3.05, 3.63) is 64.6 Å². The zero-order chi connectivity index (χ0) is 19.6. The molecule has 0 unspecified atom stereocenters. The maximum Gasteiger partial charge on any atom is 0.127 e. The molecule has 0 bridgehead atoms. The van der Waals surface area contributed by atoms with E-state index >= 15 is 0 Å². The lowest BCUT2D eigenvalue weighted by molar-refractivity contribution is 0.293. The first kappa shape index (κ1) is 19.2. The Morgan fingerprint density at radius 1 is 0.852 bits per heavy atom. The molecule has 1 aromatic heterocycles. The molecule has 0 radical (unpaired) electrons. The number of aryl methyl sites for hydroxylation is 2. The highest BCUT2D eigenvalue weighted by Crippen LogP contribution is 2.41. The average molecular weight is 367 g/mol. The van der Waals surface area contributed by atoms with Crippen molar-refractivity contribution in [2.45, 2.75) is 33.6 Å². The Balaban J connectivity index is 2.13. The zero-order valence-electron chi connectivity index (χ0n) is 17.1. The first-order valence-corrected chi connectivity index (χ1v) is 9.53. The zero-order valence-corrected chi connectivity index (χ0v) is 17.1. The second-order valence-electron chi connectivity index (χ2n) is 6.90. The summed E-state index contributed by atoms with van der Waals surface area (Å²) in [4.78, 5) is 2.10. The predicted octanol–water partition coefficient (Wildman–Crippen LogP) is 5.51. The fourth-order valence-corrected chi connectivity index (χ4v) is 3.56. The van der Waals surface area contributed by atoms with Crippen molar-refractivity contribution in [3.63, 3.8) is 0 Å². The molecule has 144 valence electrons. The Morgan fingerprint density at radius 2 is 1.33 bits per heavy atom. The number of benzene rings is 1. The minimum absolute atomic E-state index is 0.0653. The molecule has 1 aliphatic carbocycles. The van der Waals surface area contributed by atoms with E-state index in [1.807, 2.05) is 41.8 Å². The molecule has 0 saturated carbocycles. The molecule has 0 amide bonds. The van der Waals surface area contributed by atoms with Crippen molar-refractivity contribution in [3.8, 4) is 0 Å². The van der Waals surface area contributed by atoms with Gasteiger partial charge in [-0.05, 0) is 57.5 Å². The van der Waals surface area contributed by atoms with E-state index in [0.29, 0.717) is 13.2 Å². The van der Waals surface area contributed by atoms with E-state index in [4.69, 9.17) is 13.9 Å². The number of hydrogen-bond acceptors (Lipinski definition) is 4. The van der Waals surface area contributed by atoms with Crippen molar-refractivity contribution >= 4 is 17.2 Å². The summed E-state index contributed by atoms with van der Waals surface area (Å²) in [7, 11) is 4.10. The number of anilines is 1. The number of fused-ring (bicyclic) bond motifs is 1. The van der Waals surface area contributed by atoms with Crippen molar-refractivity contribution in [1.82, 2.24) is 0 Å². The van der Waals surface area contributed by atoms with Crippen LogP contribution in [-0.4, -0.2) is 27.3 Å². The van der Waals surface area contributed by atoms with Gasteiger partial charge in [-0.15, -0.1) is 0 Å². The molecule has 0 N–H and O–H groups in total. The number of ether oxygens (including phenoxy) is 2. The fourth-order valence-electron chi connectivity index (χ4n) is 3.56. The number of furan rings is 1. The Hall–Kier alpha value is -2.62. The molecule has 1 aromatic carbocycles. The van der Waals surface area contributed by atoms with Crippen LogP contribution in [0.1, 0.15) is 48.0 Å². The highest BCUT2D eigenvalue weighted by Gasteiger charge is 2.28. The summed E-state index contributed by atoms with van der Waals surface area (Å²) in [6.07, 6.45) is 4.34. The number of nitrogens with zero attached hydrogens (tertiary/aromatic N) is 1. The third-order valence-electron chi connectivity index (χ3n) is 4.81. The summed E-state index contributed by atoms with van der Waals surface area (Å²) in [6.45, 7) is 9.18. The Bertz CT molecular complexity index is 812. The third-order valence-corrected chi connectivity index (χ3v) is 4.81. The van der Waals surface area contributed by atoms with Gasteiger partial charge in [0.1, 0.15) is 23.0 Å². The topological polar surface area (TPSA) is 34.8 Å². The second-order valence-corrected chi connectivity index (χ2v) is 6.90. The van der Waals surface area contributed by atoms with Crippen molar-refractivity contribution in [1.29, 1.82) is 0 Å². The largest absolute Gasteiger partial charge is 0.493 e. The summed E-state index contributed by atoms with van der Waals surface area (Å²) in [5, 5.41) is 0. The number of hydrogen-bond donors (Lipinski definition) is 0. The summed E-state index contributed by atoms with van der Waals surface area (Å²) in [5.74, 6) is 3.49. The van der Waals surface area contributed by atoms with Crippen molar-refractivity contribution < 1.29 is 13.9 Å². The smallest absolute Gasteiger partial charge is 0.127 e. The first-order chi connectivity index (χ1) is 13.0. The van der Waals surface area contributed by atoms with Crippen LogP contribution in [0, 0.1) is 13.8 Å². The van der Waals surface area contributed by atoms with Gasteiger partial charge in [-0.25, -0.2) is 0 Å². The van der Waals surface area contributed by atoms with Crippen LogP contribution in [0.15, 0.2) is 40.8 Å². The van der Waals surface area contributed by atoms with E-state index in [-0.39, 0.29) is 5.92 Å². The van der Waals surface area contributed by atoms with Crippen LogP contribution in [-0.2, 0) is 9.47 Å². The summed E-state index contributed by atoms with van der Waals surface area (Å²) in [5.41, 5.74) is 4.38. The minimum Gasteiger partial charge on any atom is -0.493 e. The first-order valence-electron chi connectivity index (χ1n) is 9.53. The summed E-state index contributed by atoms with van der Waals surface area (Å²) >= 11 is 0. The maximum absolute atomic E-state index is 6.03. The van der Waals surface area contributed by atoms with Gasteiger partial charge >= 0.3 is 0 Å². The van der Waals surface area contributed by atoms with Crippen LogP contribution in [0.25, 0.3) is 11.5 Å². The summed E-state index contributed by atoms with van der Waals surface area (Å²) < 4.78 is 18.0. The second kappa shape index (κ2) is 7.95. The standard InChI is InChI=1S/C23H29NO3/c1-7-25-20-13-18(17-9-11-19(12-10-17)24(5)6)14-21(26-8-2)23-16(4)27-15(3)22(20)23/h9-14,18H,7-8H2,1-6H3. The van der Waals surface area contributed by atoms with Gasteiger partial charge in [-0.1, -0.05) is 12.1 Å². The molecule has 4 nitrogen and oxygen atoms in total. The van der Waals surface area contributed by atoms with Gasteiger partial charge in [0.05, 0.1) is 24.3 Å². The lowest BCUT2D eigenvalue weighted by Crippen LogP contribution is -2.08. The third kappa shape index (κ3) is 3.75. The van der Waals surface area contributed by atoms with E-state index in [1.54, 1.807) is 0 Å². The molecule has 1 aliphatic rings. The Morgan fingerprint density at radius 3 is 1.74 bits per heavy atom. The van der Waals surface area contributed by atoms with Gasteiger partial charge in [0.25, 0.3) is 0 Å². The Kier molecular flexibility index (Phi) is 5.64. The molecule has 0 aliphatic heterocycles. The van der Waals surface area contributed by atoms with Crippen LogP contribution in [0.4, 0.5) is 5.69 Å². The van der Waals surface area contributed by atoms with Gasteiger partial charge in [-0.2, -0.15) is 0 Å². The van der Waals surface area contributed by atoms with E-state index in [1.165, 1.54) is 11.3 Å². The maximum atomic E-state index is 6.03. The SMILES string of the molecule is CCOC1=CC(c2ccc(N(C)C)cc2)C=C(OCC)c2c(C)oc(C)c21. The molecule has 0 atom stereocenters. The van der Waals surface area contributed by atoms with Gasteiger partial charge in [0.2, 0.25) is 0 Å². The highest BCUT2D eigenvalue weighted by atomic mass is 16.5. The number of allylic oxidation sites excluding steroid dienone is 2. The van der Waals surface area contributed by atoms with Crippen LogP contribution < -0.4 is 4.90 Å². The molecule has 0 fully saturated rings. The molecule has 1 heterocycles. The highest BCUT2D eigenvalue weighted by molar-refractivity contribution is 5.80. The van der Waals surface area contributed by atoms with Gasteiger partial charge in [-0.3, -0.25) is 0 Å².